The number of carbonyl (C=O) groups excluding carboxylic acids is 2. The van der Waals surface area contributed by atoms with Crippen molar-refractivity contribution in [2.75, 3.05) is 20.3 Å². The van der Waals surface area contributed by atoms with Gasteiger partial charge < -0.3 is 14.6 Å². The minimum Gasteiger partial charge on any atom is -0.469 e. The number of rotatable bonds is 6. The van der Waals surface area contributed by atoms with Gasteiger partial charge in [-0.1, -0.05) is 13.8 Å². The molecule has 1 aromatic rings. The van der Waals surface area contributed by atoms with E-state index in [2.05, 4.69) is 10.1 Å². The zero-order chi connectivity index (χ0) is 21.9. The van der Waals surface area contributed by atoms with Crippen molar-refractivity contribution < 1.29 is 45.6 Å². The van der Waals surface area contributed by atoms with Gasteiger partial charge in [0.2, 0.25) is 0 Å². The van der Waals surface area contributed by atoms with Gasteiger partial charge in [-0.25, -0.2) is 4.57 Å². The molecule has 1 N–H and O–H groups in total. The number of hydrogen-bond acceptors (Lipinski definition) is 7. The number of phosphoric acid groups is 1. The maximum absolute atomic E-state index is 12.8. The van der Waals surface area contributed by atoms with Crippen LogP contribution in [-0.4, -0.2) is 38.2 Å². The molecule has 1 aliphatic heterocycles. The number of hydrogen-bond donors (Lipinski definition) is 1. The predicted octanol–water partition coefficient (Wildman–Crippen LogP) is 3.31. The van der Waals surface area contributed by atoms with Gasteiger partial charge in [-0.2, -0.15) is 13.2 Å². The van der Waals surface area contributed by atoms with Crippen LogP contribution in [0.5, 0.6) is 5.75 Å². The first kappa shape index (κ1) is 23.2. The first-order valence-corrected chi connectivity index (χ1v) is 9.97. The van der Waals surface area contributed by atoms with Crippen LogP contribution in [0.15, 0.2) is 24.3 Å². The summed E-state index contributed by atoms with van der Waals surface area (Å²) in [7, 11) is -3.06. The Kier molecular flexibility index (Phi) is 6.97. The molecule has 1 fully saturated rings. The van der Waals surface area contributed by atoms with E-state index < -0.39 is 43.0 Å². The normalized spacial score (nSPS) is 23.9. The minimum atomic E-state index is -4.53. The monoisotopic (exact) mass is 439 g/mol. The second kappa shape index (κ2) is 8.73. The van der Waals surface area contributed by atoms with E-state index in [0.717, 1.165) is 24.3 Å². The molecule has 2 atom stereocenters. The van der Waals surface area contributed by atoms with Gasteiger partial charge in [-0.05, 0) is 24.3 Å². The number of phosphoric ester groups is 1. The summed E-state index contributed by atoms with van der Waals surface area (Å²) in [6.45, 7) is 3.09. The summed E-state index contributed by atoms with van der Waals surface area (Å²) < 4.78 is 70.7. The lowest BCUT2D eigenvalue weighted by atomic mass is 9.87. The molecule has 1 aliphatic rings. The van der Waals surface area contributed by atoms with Crippen molar-refractivity contribution in [3.8, 4) is 5.75 Å². The van der Waals surface area contributed by atoms with Crippen molar-refractivity contribution in [3.05, 3.63) is 29.8 Å². The van der Waals surface area contributed by atoms with Crippen molar-refractivity contribution in [1.82, 2.24) is 5.32 Å². The zero-order valence-electron chi connectivity index (χ0n) is 15.9. The van der Waals surface area contributed by atoms with Gasteiger partial charge in [0.25, 0.3) is 5.91 Å². The number of benzene rings is 1. The Bertz CT molecular complexity index is 795. The highest BCUT2D eigenvalue weighted by Crippen LogP contribution is 2.57. The molecule has 0 saturated carbocycles. The molecule has 29 heavy (non-hydrogen) atoms. The number of ether oxygens (including phenoxy) is 1. The van der Waals surface area contributed by atoms with Crippen LogP contribution in [0.2, 0.25) is 0 Å². The molecular weight excluding hydrogens is 418 g/mol. The molecule has 0 aliphatic carbocycles. The lowest BCUT2D eigenvalue weighted by molar-refractivity contribution is -0.142. The highest BCUT2D eigenvalue weighted by Gasteiger charge is 2.50. The number of alkyl halides is 3. The van der Waals surface area contributed by atoms with Gasteiger partial charge in [0.05, 0.1) is 25.7 Å². The van der Waals surface area contributed by atoms with Gasteiger partial charge in [0.1, 0.15) is 5.75 Å². The van der Waals surface area contributed by atoms with Crippen LogP contribution in [0.25, 0.3) is 0 Å². The van der Waals surface area contributed by atoms with Crippen molar-refractivity contribution in [3.63, 3.8) is 0 Å². The zero-order valence-corrected chi connectivity index (χ0v) is 16.8. The average molecular weight is 439 g/mol. The van der Waals surface area contributed by atoms with Gasteiger partial charge >= 0.3 is 20.0 Å². The van der Waals surface area contributed by atoms with E-state index in [1.165, 1.54) is 7.11 Å². The van der Waals surface area contributed by atoms with Crippen molar-refractivity contribution in [1.29, 1.82) is 0 Å². The lowest BCUT2D eigenvalue weighted by Crippen LogP contribution is -2.50. The van der Waals surface area contributed by atoms with Crippen molar-refractivity contribution in [2.45, 2.75) is 32.5 Å². The predicted molar refractivity (Wildman–Crippen MR) is 93.9 cm³/mol. The molecule has 1 aromatic carbocycles. The maximum atomic E-state index is 12.8. The largest absolute Gasteiger partial charge is 0.530 e. The SMILES string of the molecule is COC(=O)CCNC(=O)[C@@H]1O[P@@](=O)(Oc2ccc(C(F)(F)F)cc2)OCC1(C)C. The molecule has 0 bridgehead atoms. The van der Waals surface area contributed by atoms with E-state index in [1.807, 2.05) is 0 Å². The Morgan fingerprint density at radius 3 is 2.45 bits per heavy atom. The summed E-state index contributed by atoms with van der Waals surface area (Å²) in [6.07, 6.45) is -5.84. The van der Waals surface area contributed by atoms with E-state index in [4.69, 9.17) is 13.6 Å². The third kappa shape index (κ3) is 6.19. The molecule has 1 heterocycles. The molecule has 162 valence electrons. The number of amides is 1. The fraction of sp³-hybridized carbons (Fsp3) is 0.529. The van der Waals surface area contributed by atoms with Crippen molar-refractivity contribution in [2.24, 2.45) is 5.41 Å². The number of carbonyl (C=O) groups is 2. The average Bonchev–Trinajstić information content (AvgIpc) is 2.63. The summed E-state index contributed by atoms with van der Waals surface area (Å²) in [5, 5.41) is 2.48. The Morgan fingerprint density at radius 1 is 1.28 bits per heavy atom. The number of nitrogens with one attached hydrogen (secondary N) is 1. The molecule has 0 spiro atoms. The summed E-state index contributed by atoms with van der Waals surface area (Å²) in [5.74, 6) is -1.34. The number of esters is 1. The maximum Gasteiger partial charge on any atom is 0.530 e. The molecule has 0 aromatic heterocycles. The fourth-order valence-electron chi connectivity index (χ4n) is 2.39. The molecule has 0 radical (unpaired) electrons. The van der Waals surface area contributed by atoms with Crippen LogP contribution < -0.4 is 9.84 Å². The van der Waals surface area contributed by atoms with E-state index in [9.17, 15) is 27.3 Å². The van der Waals surface area contributed by atoms with Crippen molar-refractivity contribution >= 4 is 19.7 Å². The van der Waals surface area contributed by atoms with E-state index >= 15 is 0 Å². The van der Waals surface area contributed by atoms with Crippen LogP contribution in [-0.2, 0) is 34.1 Å². The number of methoxy groups -OCH3 is 1. The molecule has 1 amide bonds. The van der Waals surface area contributed by atoms with E-state index in [1.54, 1.807) is 13.8 Å². The smallest absolute Gasteiger partial charge is 0.469 e. The Morgan fingerprint density at radius 2 is 1.90 bits per heavy atom. The van der Waals surface area contributed by atoms with E-state index in [0.29, 0.717) is 0 Å². The molecule has 1 saturated heterocycles. The third-order valence-electron chi connectivity index (χ3n) is 4.03. The summed E-state index contributed by atoms with van der Waals surface area (Å²) in [6, 6.07) is 3.46. The van der Waals surface area contributed by atoms with Crippen LogP contribution in [0.1, 0.15) is 25.8 Å². The fourth-order valence-corrected chi connectivity index (χ4v) is 4.06. The minimum absolute atomic E-state index is 0.0215. The lowest BCUT2D eigenvalue weighted by Gasteiger charge is -2.39. The highest BCUT2D eigenvalue weighted by molar-refractivity contribution is 7.49. The van der Waals surface area contributed by atoms with Crippen LogP contribution in [0.3, 0.4) is 0 Å². The Labute approximate surface area is 165 Å². The standard InChI is InChI=1S/C17H21F3NO7P/c1-16(2)10-26-29(24,27-12-6-4-11(5-7-12)17(18,19)20)28-14(16)15(23)21-9-8-13(22)25-3/h4-7,14H,8-10H2,1-3H3,(H,21,23)/t14-,29+/m0/s1. The van der Waals surface area contributed by atoms with Gasteiger partial charge in [-0.15, -0.1) is 0 Å². The Hall–Kier alpha value is -2.10. The summed E-state index contributed by atoms with van der Waals surface area (Å²) in [5.41, 5.74) is -1.79. The highest BCUT2D eigenvalue weighted by atomic mass is 31.2. The first-order chi connectivity index (χ1) is 13.4. The molecule has 12 heteroatoms. The number of halogens is 3. The third-order valence-corrected chi connectivity index (χ3v) is 5.38. The van der Waals surface area contributed by atoms with Crippen LogP contribution in [0.4, 0.5) is 13.2 Å². The van der Waals surface area contributed by atoms with Crippen LogP contribution in [0, 0.1) is 5.41 Å². The molecule has 2 rings (SSSR count). The van der Waals surface area contributed by atoms with Gasteiger partial charge in [0.15, 0.2) is 6.10 Å². The summed E-state index contributed by atoms with van der Waals surface area (Å²) in [4.78, 5) is 23.6. The molecular formula is C17H21F3NO7P. The quantitative estimate of drug-likeness (QED) is 0.536. The van der Waals surface area contributed by atoms with Crippen LogP contribution >= 0.6 is 7.82 Å². The second-order valence-corrected chi connectivity index (χ2v) is 8.47. The Balaban J connectivity index is 2.07. The van der Waals surface area contributed by atoms with Gasteiger partial charge in [0, 0.05) is 12.0 Å². The molecule has 0 unspecified atom stereocenters. The van der Waals surface area contributed by atoms with Gasteiger partial charge in [-0.3, -0.25) is 18.6 Å². The molecule has 8 nitrogen and oxygen atoms in total. The topological polar surface area (TPSA) is 100 Å². The summed E-state index contributed by atoms with van der Waals surface area (Å²) >= 11 is 0. The van der Waals surface area contributed by atoms with E-state index in [-0.39, 0.29) is 25.3 Å². The second-order valence-electron chi connectivity index (χ2n) is 6.93. The first-order valence-electron chi connectivity index (χ1n) is 8.51.